The number of amides is 1. The maximum Gasteiger partial charge on any atom is 0.240 e. The van der Waals surface area contributed by atoms with Crippen molar-refractivity contribution in [1.82, 2.24) is 9.62 Å². The maximum absolute atomic E-state index is 12.2. The molecule has 1 heterocycles. The van der Waals surface area contributed by atoms with Crippen molar-refractivity contribution in [3.8, 4) is 0 Å². The van der Waals surface area contributed by atoms with Crippen LogP contribution in [-0.2, 0) is 14.8 Å². The number of nitrogens with zero attached hydrogens (tertiary/aromatic N) is 1. The quantitative estimate of drug-likeness (QED) is 0.831. The van der Waals surface area contributed by atoms with Crippen LogP contribution < -0.4 is 4.72 Å². The van der Waals surface area contributed by atoms with Gasteiger partial charge in [0.2, 0.25) is 15.9 Å². The first-order valence-corrected chi connectivity index (χ1v) is 8.98. The first-order valence-electron chi connectivity index (χ1n) is 7.09. The van der Waals surface area contributed by atoms with Gasteiger partial charge in [0.15, 0.2) is 0 Å². The molecule has 1 aliphatic heterocycles. The molecule has 0 aromatic rings. The lowest BCUT2D eigenvalue weighted by Crippen LogP contribution is -2.46. The smallest absolute Gasteiger partial charge is 0.240 e. The number of hydrogen-bond acceptors (Lipinski definition) is 3. The summed E-state index contributed by atoms with van der Waals surface area (Å²) in [5.41, 5.74) is 0. The molecule has 1 amide bonds. The van der Waals surface area contributed by atoms with E-state index in [2.05, 4.69) is 11.6 Å². The van der Waals surface area contributed by atoms with Gasteiger partial charge in [-0.3, -0.25) is 4.79 Å². The van der Waals surface area contributed by atoms with Gasteiger partial charge in [-0.2, -0.15) is 0 Å². The summed E-state index contributed by atoms with van der Waals surface area (Å²) in [4.78, 5) is 14.0. The number of nitrogens with one attached hydrogen (secondary N) is 1. The number of likely N-dealkylation sites (tertiary alicyclic amines) is 1. The van der Waals surface area contributed by atoms with Crippen LogP contribution in [0.15, 0.2) is 0 Å². The second kappa shape index (κ2) is 7.24. The lowest BCUT2D eigenvalue weighted by molar-refractivity contribution is -0.132. The molecule has 0 aliphatic carbocycles. The number of carbonyl (C=O) groups is 1. The Morgan fingerprint density at radius 2 is 2.05 bits per heavy atom. The van der Waals surface area contributed by atoms with E-state index in [1.54, 1.807) is 11.8 Å². The third-order valence-corrected chi connectivity index (χ3v) is 4.40. The molecule has 0 unspecified atom stereocenters. The predicted molar refractivity (Wildman–Crippen MR) is 76.3 cm³/mol. The molecule has 112 valence electrons. The van der Waals surface area contributed by atoms with E-state index >= 15 is 0 Å². The third-order valence-electron chi connectivity index (χ3n) is 3.62. The molecular formula is C13H26N2O3S. The summed E-state index contributed by atoms with van der Waals surface area (Å²) in [5.74, 6) is 0.601. The van der Waals surface area contributed by atoms with Crippen molar-refractivity contribution >= 4 is 15.9 Å². The van der Waals surface area contributed by atoms with Gasteiger partial charge in [0, 0.05) is 13.1 Å². The Morgan fingerprint density at radius 3 is 2.63 bits per heavy atom. The van der Waals surface area contributed by atoms with Gasteiger partial charge < -0.3 is 4.90 Å². The minimum Gasteiger partial charge on any atom is -0.341 e. The van der Waals surface area contributed by atoms with Crippen molar-refractivity contribution in [2.45, 2.75) is 52.0 Å². The molecule has 0 aromatic carbocycles. The highest BCUT2D eigenvalue weighted by molar-refractivity contribution is 7.88. The van der Waals surface area contributed by atoms with Gasteiger partial charge >= 0.3 is 0 Å². The number of rotatable bonds is 5. The van der Waals surface area contributed by atoms with Crippen LogP contribution in [0.2, 0.25) is 0 Å². The zero-order valence-corrected chi connectivity index (χ0v) is 13.0. The molecular weight excluding hydrogens is 264 g/mol. The van der Waals surface area contributed by atoms with Crippen molar-refractivity contribution in [2.24, 2.45) is 5.92 Å². The summed E-state index contributed by atoms with van der Waals surface area (Å²) in [6.45, 7) is 5.29. The lowest BCUT2D eigenvalue weighted by atomic mass is 9.96. The third kappa shape index (κ3) is 5.91. The first-order chi connectivity index (χ1) is 8.83. The normalized spacial score (nSPS) is 22.9. The van der Waals surface area contributed by atoms with Gasteiger partial charge in [-0.1, -0.05) is 19.8 Å². The minimum atomic E-state index is -3.33. The Balaban J connectivity index is 2.53. The Hall–Kier alpha value is -0.620. The van der Waals surface area contributed by atoms with Gasteiger partial charge in [0.1, 0.15) is 0 Å². The number of carbonyl (C=O) groups excluding carboxylic acids is 1. The van der Waals surface area contributed by atoms with Gasteiger partial charge in [-0.15, -0.1) is 0 Å². The van der Waals surface area contributed by atoms with E-state index in [4.69, 9.17) is 0 Å². The zero-order valence-electron chi connectivity index (χ0n) is 12.2. The topological polar surface area (TPSA) is 66.5 Å². The Morgan fingerprint density at radius 1 is 1.37 bits per heavy atom. The summed E-state index contributed by atoms with van der Waals surface area (Å²) in [6, 6.07) is -0.669. The molecule has 1 aliphatic rings. The SMILES string of the molecule is CCC[C@@H]1CCCN(C(=O)[C@H](C)NS(C)(=O)=O)CC1. The first kappa shape index (κ1) is 16.4. The van der Waals surface area contributed by atoms with Gasteiger partial charge in [-0.05, 0) is 32.1 Å². The molecule has 0 radical (unpaired) electrons. The van der Waals surface area contributed by atoms with E-state index in [1.807, 2.05) is 0 Å². The minimum absolute atomic E-state index is 0.109. The standard InChI is InChI=1S/C13H26N2O3S/c1-4-6-12-7-5-9-15(10-8-12)13(16)11(2)14-19(3,17)18/h11-12,14H,4-10H2,1-3H3/t11-,12+/m0/s1. The molecule has 0 spiro atoms. The highest BCUT2D eigenvalue weighted by Gasteiger charge is 2.25. The van der Waals surface area contributed by atoms with Crippen LogP contribution in [0.1, 0.15) is 46.0 Å². The van der Waals surface area contributed by atoms with Gasteiger partial charge in [0.05, 0.1) is 12.3 Å². The van der Waals surface area contributed by atoms with Crippen molar-refractivity contribution in [1.29, 1.82) is 0 Å². The Labute approximate surface area is 116 Å². The predicted octanol–water partition coefficient (Wildman–Crippen LogP) is 1.35. The second-order valence-corrected chi connectivity index (χ2v) is 7.30. The largest absolute Gasteiger partial charge is 0.341 e. The molecule has 1 rings (SSSR count). The number of hydrogen-bond donors (Lipinski definition) is 1. The highest BCUT2D eigenvalue weighted by Crippen LogP contribution is 2.22. The molecule has 1 saturated heterocycles. The summed E-state index contributed by atoms with van der Waals surface area (Å²) in [6.07, 6.45) is 6.71. The molecule has 2 atom stereocenters. The second-order valence-electron chi connectivity index (χ2n) is 5.52. The van der Waals surface area contributed by atoms with Gasteiger partial charge in [-0.25, -0.2) is 13.1 Å². The maximum atomic E-state index is 12.2. The molecule has 0 bridgehead atoms. The van der Waals surface area contributed by atoms with Crippen LogP contribution in [0, 0.1) is 5.92 Å². The van der Waals surface area contributed by atoms with E-state index in [0.29, 0.717) is 5.92 Å². The summed E-state index contributed by atoms with van der Waals surface area (Å²) in [5, 5.41) is 0. The fraction of sp³-hybridized carbons (Fsp3) is 0.923. The average Bonchev–Trinajstić information content (AvgIpc) is 2.52. The Bertz CT molecular complexity index is 395. The molecule has 6 heteroatoms. The van der Waals surface area contributed by atoms with E-state index in [1.165, 1.54) is 19.3 Å². The van der Waals surface area contributed by atoms with E-state index < -0.39 is 16.1 Å². The van der Waals surface area contributed by atoms with Crippen molar-refractivity contribution in [2.75, 3.05) is 19.3 Å². The summed E-state index contributed by atoms with van der Waals surface area (Å²) in [7, 11) is -3.33. The summed E-state index contributed by atoms with van der Waals surface area (Å²) >= 11 is 0. The molecule has 1 N–H and O–H groups in total. The van der Waals surface area contributed by atoms with E-state index in [-0.39, 0.29) is 5.91 Å². The van der Waals surface area contributed by atoms with E-state index in [9.17, 15) is 13.2 Å². The molecule has 19 heavy (non-hydrogen) atoms. The van der Waals surface area contributed by atoms with Crippen LogP contribution in [-0.4, -0.2) is 44.6 Å². The number of sulfonamides is 1. The van der Waals surface area contributed by atoms with Crippen LogP contribution >= 0.6 is 0 Å². The zero-order chi connectivity index (χ0) is 14.5. The fourth-order valence-electron chi connectivity index (χ4n) is 2.73. The highest BCUT2D eigenvalue weighted by atomic mass is 32.2. The Kier molecular flexibility index (Phi) is 6.26. The van der Waals surface area contributed by atoms with E-state index in [0.717, 1.165) is 32.2 Å². The van der Waals surface area contributed by atoms with Crippen LogP contribution in [0.4, 0.5) is 0 Å². The summed E-state index contributed by atoms with van der Waals surface area (Å²) < 4.78 is 24.7. The van der Waals surface area contributed by atoms with Crippen molar-refractivity contribution in [3.05, 3.63) is 0 Å². The average molecular weight is 290 g/mol. The molecule has 0 saturated carbocycles. The van der Waals surface area contributed by atoms with Crippen LogP contribution in [0.5, 0.6) is 0 Å². The lowest BCUT2D eigenvalue weighted by Gasteiger charge is -2.24. The van der Waals surface area contributed by atoms with Crippen LogP contribution in [0.25, 0.3) is 0 Å². The van der Waals surface area contributed by atoms with Crippen molar-refractivity contribution < 1.29 is 13.2 Å². The van der Waals surface area contributed by atoms with Crippen LogP contribution in [0.3, 0.4) is 0 Å². The molecule has 5 nitrogen and oxygen atoms in total. The van der Waals surface area contributed by atoms with Crippen molar-refractivity contribution in [3.63, 3.8) is 0 Å². The fourth-order valence-corrected chi connectivity index (χ4v) is 3.47. The molecule has 0 aromatic heterocycles. The molecule has 1 fully saturated rings. The monoisotopic (exact) mass is 290 g/mol. The van der Waals surface area contributed by atoms with Gasteiger partial charge in [0.25, 0.3) is 0 Å².